The molecule has 1 aromatic carbocycles. The van der Waals surface area contributed by atoms with Crippen LogP contribution in [-0.2, 0) is 4.79 Å². The highest BCUT2D eigenvalue weighted by atomic mass is 32.1. The van der Waals surface area contributed by atoms with Crippen LogP contribution in [0, 0.1) is 0 Å². The highest BCUT2D eigenvalue weighted by molar-refractivity contribution is 7.80. The van der Waals surface area contributed by atoms with Gasteiger partial charge in [-0.25, -0.2) is 0 Å². The summed E-state index contributed by atoms with van der Waals surface area (Å²) in [5, 5.41) is 2.89. The summed E-state index contributed by atoms with van der Waals surface area (Å²) >= 11 is 4.92. The molecule has 1 rings (SSSR count). The van der Waals surface area contributed by atoms with Gasteiger partial charge in [-0.3, -0.25) is 9.69 Å². The molecule has 0 spiro atoms. The third kappa shape index (κ3) is 4.29. The Morgan fingerprint density at radius 2 is 2.05 bits per heavy atom. The van der Waals surface area contributed by atoms with E-state index < -0.39 is 0 Å². The molecule has 0 saturated carbocycles. The second-order valence-electron chi connectivity index (χ2n) is 4.33. The van der Waals surface area contributed by atoms with Gasteiger partial charge in [-0.15, -0.1) is 0 Å². The number of nitrogens with one attached hydrogen (secondary N) is 1. The van der Waals surface area contributed by atoms with Gasteiger partial charge in [0.1, 0.15) is 4.99 Å². The number of anilines is 1. The second-order valence-corrected chi connectivity index (χ2v) is 4.77. The number of nitrogens with two attached hydrogens (primary N) is 1. The van der Waals surface area contributed by atoms with Crippen molar-refractivity contribution in [2.75, 3.05) is 18.4 Å². The van der Waals surface area contributed by atoms with Crippen molar-refractivity contribution in [1.82, 2.24) is 4.90 Å². The smallest absolute Gasteiger partial charge is 0.241 e. The van der Waals surface area contributed by atoms with E-state index in [0.29, 0.717) is 10.7 Å². The number of thiocarbonyl (C=S) groups is 1. The number of likely N-dealkylation sites (N-methyl/N-ethyl adjacent to an activating group) is 1. The van der Waals surface area contributed by atoms with Crippen molar-refractivity contribution in [2.45, 2.75) is 26.8 Å². The molecule has 19 heavy (non-hydrogen) atoms. The highest BCUT2D eigenvalue weighted by Crippen LogP contribution is 2.12. The van der Waals surface area contributed by atoms with E-state index in [-0.39, 0.29) is 11.9 Å². The first-order valence-electron chi connectivity index (χ1n) is 6.44. The van der Waals surface area contributed by atoms with Crippen LogP contribution in [-0.4, -0.2) is 34.9 Å². The molecule has 104 valence electrons. The Morgan fingerprint density at radius 1 is 1.42 bits per heavy atom. The van der Waals surface area contributed by atoms with Gasteiger partial charge >= 0.3 is 0 Å². The molecule has 0 saturated heterocycles. The predicted octanol–water partition coefficient (Wildman–Crippen LogP) is 1.99. The van der Waals surface area contributed by atoms with E-state index in [1.807, 2.05) is 39.0 Å². The molecule has 0 aliphatic heterocycles. The summed E-state index contributed by atoms with van der Waals surface area (Å²) in [5.41, 5.74) is 7.05. The largest absolute Gasteiger partial charge is 0.389 e. The molecular weight excluding hydrogens is 258 g/mol. The average molecular weight is 279 g/mol. The zero-order valence-corrected chi connectivity index (χ0v) is 12.5. The molecule has 0 bridgehead atoms. The van der Waals surface area contributed by atoms with E-state index in [1.165, 1.54) is 0 Å². The average Bonchev–Trinajstić information content (AvgIpc) is 2.40. The first-order valence-corrected chi connectivity index (χ1v) is 6.85. The van der Waals surface area contributed by atoms with E-state index in [9.17, 15) is 4.79 Å². The quantitative estimate of drug-likeness (QED) is 0.782. The minimum Gasteiger partial charge on any atom is -0.389 e. The fourth-order valence-corrected chi connectivity index (χ4v) is 2.06. The lowest BCUT2D eigenvalue weighted by Gasteiger charge is -2.25. The normalized spacial score (nSPS) is 12.2. The van der Waals surface area contributed by atoms with Gasteiger partial charge in [-0.1, -0.05) is 38.2 Å². The number of benzene rings is 1. The van der Waals surface area contributed by atoms with E-state index in [1.54, 1.807) is 6.07 Å². The lowest BCUT2D eigenvalue weighted by molar-refractivity contribution is -0.120. The Labute approximate surface area is 120 Å². The van der Waals surface area contributed by atoms with Crippen molar-refractivity contribution in [3.05, 3.63) is 29.8 Å². The molecule has 0 aliphatic carbocycles. The number of carbonyl (C=O) groups is 1. The van der Waals surface area contributed by atoms with Crippen LogP contribution < -0.4 is 11.1 Å². The Bertz CT molecular complexity index is 458. The standard InChI is InChI=1S/C14H21N3OS/c1-4-17(5-2)10(3)14(18)16-12-8-6-7-11(9-12)13(15)19/h6-10H,4-5H2,1-3H3,(H2,15,19)(H,16,18). The van der Waals surface area contributed by atoms with Crippen molar-refractivity contribution in [1.29, 1.82) is 0 Å². The summed E-state index contributed by atoms with van der Waals surface area (Å²) in [6.45, 7) is 7.68. The van der Waals surface area contributed by atoms with Gasteiger partial charge in [0.2, 0.25) is 5.91 Å². The van der Waals surface area contributed by atoms with Crippen LogP contribution in [0.5, 0.6) is 0 Å². The van der Waals surface area contributed by atoms with Gasteiger partial charge in [0.25, 0.3) is 0 Å². The van der Waals surface area contributed by atoms with Gasteiger partial charge in [0.15, 0.2) is 0 Å². The van der Waals surface area contributed by atoms with E-state index in [0.717, 1.165) is 18.7 Å². The van der Waals surface area contributed by atoms with E-state index in [2.05, 4.69) is 10.2 Å². The molecule has 4 nitrogen and oxygen atoms in total. The fourth-order valence-electron chi connectivity index (χ4n) is 1.93. The Kier molecular flexibility index (Phi) is 5.92. The molecular formula is C14H21N3OS. The molecule has 0 aromatic heterocycles. The molecule has 3 N–H and O–H groups in total. The van der Waals surface area contributed by atoms with Crippen molar-refractivity contribution >= 4 is 28.8 Å². The summed E-state index contributed by atoms with van der Waals surface area (Å²) in [6.07, 6.45) is 0. The molecule has 1 amide bonds. The minimum atomic E-state index is -0.163. The van der Waals surface area contributed by atoms with Gasteiger partial charge in [0.05, 0.1) is 6.04 Å². The Hall–Kier alpha value is -1.46. The monoisotopic (exact) mass is 279 g/mol. The molecule has 0 fully saturated rings. The summed E-state index contributed by atoms with van der Waals surface area (Å²) < 4.78 is 0. The van der Waals surface area contributed by atoms with Gasteiger partial charge in [0, 0.05) is 11.3 Å². The number of hydrogen-bond donors (Lipinski definition) is 2. The predicted molar refractivity (Wildman–Crippen MR) is 83.3 cm³/mol. The van der Waals surface area contributed by atoms with Crippen molar-refractivity contribution in [3.8, 4) is 0 Å². The molecule has 1 aromatic rings. The van der Waals surface area contributed by atoms with Crippen LogP contribution >= 0.6 is 12.2 Å². The van der Waals surface area contributed by atoms with Crippen LogP contribution in [0.1, 0.15) is 26.3 Å². The zero-order valence-electron chi connectivity index (χ0n) is 11.6. The van der Waals surface area contributed by atoms with E-state index >= 15 is 0 Å². The summed E-state index contributed by atoms with van der Waals surface area (Å²) in [5.74, 6) is -0.0243. The van der Waals surface area contributed by atoms with Gasteiger partial charge in [-0.2, -0.15) is 0 Å². The van der Waals surface area contributed by atoms with Crippen molar-refractivity contribution in [2.24, 2.45) is 5.73 Å². The van der Waals surface area contributed by atoms with Crippen LogP contribution in [0.2, 0.25) is 0 Å². The van der Waals surface area contributed by atoms with Crippen molar-refractivity contribution in [3.63, 3.8) is 0 Å². The van der Waals surface area contributed by atoms with Gasteiger partial charge in [-0.05, 0) is 32.1 Å². The minimum absolute atomic E-state index is 0.0243. The van der Waals surface area contributed by atoms with Crippen LogP contribution in [0.15, 0.2) is 24.3 Å². The molecule has 0 heterocycles. The third-order valence-electron chi connectivity index (χ3n) is 3.15. The van der Waals surface area contributed by atoms with Crippen LogP contribution in [0.4, 0.5) is 5.69 Å². The number of nitrogens with zero attached hydrogens (tertiary/aromatic N) is 1. The zero-order chi connectivity index (χ0) is 14.4. The van der Waals surface area contributed by atoms with Crippen molar-refractivity contribution < 1.29 is 4.79 Å². The maximum Gasteiger partial charge on any atom is 0.241 e. The summed E-state index contributed by atoms with van der Waals surface area (Å²) in [7, 11) is 0. The molecule has 5 heteroatoms. The number of carbonyl (C=O) groups excluding carboxylic acids is 1. The number of hydrogen-bond acceptors (Lipinski definition) is 3. The van der Waals surface area contributed by atoms with Crippen LogP contribution in [0.3, 0.4) is 0 Å². The Balaban J connectivity index is 2.76. The SMILES string of the molecule is CCN(CC)C(C)C(=O)Nc1cccc(C(N)=S)c1. The van der Waals surface area contributed by atoms with Crippen LogP contribution in [0.25, 0.3) is 0 Å². The summed E-state index contributed by atoms with van der Waals surface area (Å²) in [6, 6.07) is 7.10. The Morgan fingerprint density at radius 3 is 2.58 bits per heavy atom. The summed E-state index contributed by atoms with van der Waals surface area (Å²) in [4.78, 5) is 14.6. The molecule has 0 radical (unpaired) electrons. The maximum atomic E-state index is 12.1. The van der Waals surface area contributed by atoms with E-state index in [4.69, 9.17) is 18.0 Å². The molecule has 0 aliphatic rings. The lowest BCUT2D eigenvalue weighted by Crippen LogP contribution is -2.41. The highest BCUT2D eigenvalue weighted by Gasteiger charge is 2.18. The van der Waals surface area contributed by atoms with Gasteiger partial charge < -0.3 is 11.1 Å². The fraction of sp³-hybridized carbons (Fsp3) is 0.429. The number of rotatable bonds is 6. The third-order valence-corrected chi connectivity index (χ3v) is 3.39. The molecule has 1 atom stereocenters. The molecule has 1 unspecified atom stereocenters. The maximum absolute atomic E-state index is 12.1. The topological polar surface area (TPSA) is 58.4 Å². The first-order chi connectivity index (χ1) is 8.99. The number of amides is 1. The lowest BCUT2D eigenvalue weighted by atomic mass is 10.2. The second kappa shape index (κ2) is 7.21. The first kappa shape index (κ1) is 15.6.